The van der Waals surface area contributed by atoms with E-state index in [1.54, 1.807) is 48.5 Å². The molecule has 2 N–H and O–H groups in total. The zero-order valence-electron chi connectivity index (χ0n) is 23.2. The van der Waals surface area contributed by atoms with Crippen molar-refractivity contribution in [2.75, 3.05) is 0 Å². The van der Waals surface area contributed by atoms with E-state index in [0.29, 0.717) is 10.0 Å². The summed E-state index contributed by atoms with van der Waals surface area (Å²) in [6.45, 7) is 0. The molecule has 43 heavy (non-hydrogen) atoms. The van der Waals surface area contributed by atoms with Crippen molar-refractivity contribution < 1.29 is 36.4 Å². The number of phenolic OH excluding ortho intramolecular Hbond substituents is 2. The number of hydrogen-bond acceptors (Lipinski definition) is 2. The Labute approximate surface area is 280 Å². The summed E-state index contributed by atoms with van der Waals surface area (Å²) in [4.78, 5) is 0. The van der Waals surface area contributed by atoms with E-state index >= 15 is 0 Å². The van der Waals surface area contributed by atoms with E-state index in [0.717, 1.165) is 0 Å². The zero-order chi connectivity index (χ0) is 29.3. The second-order valence-corrected chi connectivity index (χ2v) is 10.4. The van der Waals surface area contributed by atoms with Crippen LogP contribution in [0.3, 0.4) is 0 Å². The molecule has 8 aromatic rings. The third-order valence-corrected chi connectivity index (χ3v) is 7.39. The van der Waals surface area contributed by atoms with Gasteiger partial charge in [-0.25, -0.2) is 0 Å². The maximum absolute atomic E-state index is 8.79. The minimum absolute atomic E-state index is 0. The standard InChI is InChI=1S/2C13H9.2C6H5ClO.Zr/c2*1-3-7-12-10(5-1)9-11-6-2-4-8-13(11)12;2*7-5-3-1-2-4-6(5)8;/h2*1-9H;2*1-4,8H;/q2*-1;;;+2. The molecular weight excluding hydrogens is 651 g/mol. The predicted octanol–water partition coefficient (Wildman–Crippen LogP) is 11.5. The van der Waals surface area contributed by atoms with Crippen LogP contribution < -0.4 is 0 Å². The second kappa shape index (κ2) is 15.6. The first kappa shape index (κ1) is 32.0. The average molecular weight is 679 g/mol. The van der Waals surface area contributed by atoms with Crippen LogP contribution >= 0.6 is 23.2 Å². The molecule has 0 heterocycles. The summed E-state index contributed by atoms with van der Waals surface area (Å²) >= 11 is 10.9. The van der Waals surface area contributed by atoms with Crippen molar-refractivity contribution in [3.05, 3.63) is 168 Å². The second-order valence-electron chi connectivity index (χ2n) is 9.54. The fourth-order valence-corrected chi connectivity index (χ4v) is 4.98. The third kappa shape index (κ3) is 8.15. The summed E-state index contributed by atoms with van der Waals surface area (Å²) < 4.78 is 0. The predicted molar refractivity (Wildman–Crippen MR) is 180 cm³/mol. The van der Waals surface area contributed by atoms with E-state index in [1.165, 1.54) is 43.1 Å². The molecule has 0 aliphatic rings. The molecule has 0 saturated carbocycles. The Morgan fingerprint density at radius 2 is 0.581 bits per heavy atom. The summed E-state index contributed by atoms with van der Waals surface area (Å²) in [7, 11) is 0. The first-order valence-corrected chi connectivity index (χ1v) is 14.2. The van der Waals surface area contributed by atoms with Crippen LogP contribution in [-0.4, -0.2) is 10.2 Å². The molecule has 0 unspecified atom stereocenters. The van der Waals surface area contributed by atoms with Crippen LogP contribution in [0.4, 0.5) is 0 Å². The smallest absolute Gasteiger partial charge is 0.506 e. The topological polar surface area (TPSA) is 40.5 Å². The van der Waals surface area contributed by atoms with Crippen LogP contribution in [0.2, 0.25) is 10.0 Å². The molecule has 0 aliphatic carbocycles. The van der Waals surface area contributed by atoms with E-state index in [2.05, 4.69) is 109 Å². The normalized spacial score (nSPS) is 10.1. The van der Waals surface area contributed by atoms with Gasteiger partial charge < -0.3 is 10.2 Å². The Balaban J connectivity index is 0.000000134. The molecule has 210 valence electrons. The Hall–Kier alpha value is -3.88. The maximum Gasteiger partial charge on any atom is 2.00 e. The number of para-hydroxylation sites is 2. The molecule has 0 radical (unpaired) electrons. The van der Waals surface area contributed by atoms with Gasteiger partial charge in [-0.15, -0.1) is 79.5 Å². The first-order valence-electron chi connectivity index (χ1n) is 13.4. The summed E-state index contributed by atoms with van der Waals surface area (Å²) in [5.41, 5.74) is 0. The van der Waals surface area contributed by atoms with Crippen LogP contribution in [0.25, 0.3) is 43.1 Å². The first-order chi connectivity index (χ1) is 20.5. The average Bonchev–Trinajstić information content (AvgIpc) is 3.60. The van der Waals surface area contributed by atoms with Gasteiger partial charge in [0.15, 0.2) is 0 Å². The summed E-state index contributed by atoms with van der Waals surface area (Å²) in [6, 6.07) is 51.9. The minimum atomic E-state index is 0. The molecule has 0 fully saturated rings. The molecule has 8 rings (SSSR count). The Morgan fingerprint density at radius 1 is 0.349 bits per heavy atom. The fraction of sp³-hybridized carbons (Fsp3) is 0. The SMILES string of the molecule is Oc1ccccc1Cl.Oc1ccccc1Cl.[Zr+2].c1ccc2c(c1)[cH-]c1ccccc12.c1ccc2c(c1)[cH-]c1ccccc12. The number of aromatic hydroxyl groups is 2. The molecule has 0 spiro atoms. The monoisotopic (exact) mass is 676 g/mol. The number of halogens is 2. The molecule has 8 aromatic carbocycles. The molecule has 5 heteroatoms. The molecular formula is C38H28Cl2O2Zr. The largest absolute Gasteiger partial charge is 2.00 e. The van der Waals surface area contributed by atoms with Gasteiger partial charge in [0, 0.05) is 0 Å². The van der Waals surface area contributed by atoms with Gasteiger partial charge in [-0.1, -0.05) is 120 Å². The van der Waals surface area contributed by atoms with Gasteiger partial charge in [-0.3, -0.25) is 0 Å². The number of benzene rings is 6. The van der Waals surface area contributed by atoms with Crippen molar-refractivity contribution in [2.24, 2.45) is 0 Å². The Morgan fingerprint density at radius 3 is 0.814 bits per heavy atom. The Bertz CT molecular complexity index is 1770. The summed E-state index contributed by atoms with van der Waals surface area (Å²) in [5, 5.41) is 29.2. The van der Waals surface area contributed by atoms with Crippen LogP contribution in [-0.2, 0) is 26.2 Å². The Kier molecular flexibility index (Phi) is 11.6. The van der Waals surface area contributed by atoms with Crippen molar-refractivity contribution in [1.29, 1.82) is 0 Å². The van der Waals surface area contributed by atoms with Crippen molar-refractivity contribution >= 4 is 66.3 Å². The fourth-order valence-electron chi connectivity index (χ4n) is 4.71. The van der Waals surface area contributed by atoms with E-state index in [4.69, 9.17) is 33.4 Å². The molecule has 2 nitrogen and oxygen atoms in total. The van der Waals surface area contributed by atoms with Gasteiger partial charge in [-0.05, 0) is 24.3 Å². The van der Waals surface area contributed by atoms with Crippen molar-refractivity contribution in [2.45, 2.75) is 0 Å². The molecule has 0 aliphatic heterocycles. The zero-order valence-corrected chi connectivity index (χ0v) is 27.1. The molecule has 0 atom stereocenters. The minimum Gasteiger partial charge on any atom is -0.506 e. The molecule has 0 aromatic heterocycles. The quantitative estimate of drug-likeness (QED) is 0.157. The van der Waals surface area contributed by atoms with Crippen LogP contribution in [0.1, 0.15) is 0 Å². The van der Waals surface area contributed by atoms with Crippen molar-refractivity contribution in [3.8, 4) is 11.5 Å². The number of fused-ring (bicyclic) bond motifs is 6. The number of rotatable bonds is 0. The van der Waals surface area contributed by atoms with E-state index < -0.39 is 0 Å². The van der Waals surface area contributed by atoms with Crippen LogP contribution in [0.15, 0.2) is 158 Å². The van der Waals surface area contributed by atoms with Gasteiger partial charge in [0.05, 0.1) is 10.0 Å². The van der Waals surface area contributed by atoms with Gasteiger partial charge in [-0.2, -0.15) is 0 Å². The number of hydrogen-bond donors (Lipinski definition) is 2. The third-order valence-electron chi connectivity index (χ3n) is 6.75. The molecule has 0 bridgehead atoms. The molecule has 0 amide bonds. The van der Waals surface area contributed by atoms with Crippen molar-refractivity contribution in [1.82, 2.24) is 0 Å². The van der Waals surface area contributed by atoms with E-state index in [9.17, 15) is 0 Å². The van der Waals surface area contributed by atoms with Crippen LogP contribution in [0, 0.1) is 0 Å². The maximum atomic E-state index is 8.79. The van der Waals surface area contributed by atoms with Gasteiger partial charge in [0.2, 0.25) is 0 Å². The molecule has 0 saturated heterocycles. The summed E-state index contributed by atoms with van der Waals surface area (Å²) in [5.74, 6) is 0.267. The summed E-state index contributed by atoms with van der Waals surface area (Å²) in [6.07, 6.45) is 0. The van der Waals surface area contributed by atoms with Gasteiger partial charge in [0.1, 0.15) is 11.5 Å². The van der Waals surface area contributed by atoms with E-state index in [-0.39, 0.29) is 37.7 Å². The van der Waals surface area contributed by atoms with Crippen molar-refractivity contribution in [3.63, 3.8) is 0 Å². The number of phenols is 2. The van der Waals surface area contributed by atoms with E-state index in [1.807, 2.05) is 0 Å². The van der Waals surface area contributed by atoms with Crippen LogP contribution in [0.5, 0.6) is 11.5 Å². The van der Waals surface area contributed by atoms with Gasteiger partial charge >= 0.3 is 26.2 Å². The van der Waals surface area contributed by atoms with Gasteiger partial charge in [0.25, 0.3) is 0 Å².